The highest BCUT2D eigenvalue weighted by Gasteiger charge is 2.13. The van der Waals surface area contributed by atoms with Gasteiger partial charge in [-0.15, -0.1) is 0 Å². The fourth-order valence-electron chi connectivity index (χ4n) is 3.30. The molecule has 0 unspecified atom stereocenters. The normalized spacial score (nSPS) is 11.4. The van der Waals surface area contributed by atoms with E-state index in [-0.39, 0.29) is 0 Å². The van der Waals surface area contributed by atoms with Crippen molar-refractivity contribution in [1.29, 1.82) is 0 Å². The third-order valence-electron chi connectivity index (χ3n) is 4.77. The standard InChI is InChI=1S/C22H28N4O3/c1-23-22(24-10-9-16-14-25-18-8-6-5-7-17(16)18)26-13-15-11-19(27-2)21(29-4)20(12-15)28-3/h5-8,11-12,14,25H,9-10,13H2,1-4H3,(H2,23,24,26). The van der Waals surface area contributed by atoms with Crippen molar-refractivity contribution in [2.75, 3.05) is 34.9 Å². The predicted molar refractivity (Wildman–Crippen MR) is 116 cm³/mol. The first kappa shape index (κ1) is 20.4. The molecule has 0 aliphatic rings. The zero-order valence-electron chi connectivity index (χ0n) is 17.3. The van der Waals surface area contributed by atoms with Gasteiger partial charge < -0.3 is 29.8 Å². The summed E-state index contributed by atoms with van der Waals surface area (Å²) >= 11 is 0. The van der Waals surface area contributed by atoms with Crippen molar-refractivity contribution in [1.82, 2.24) is 15.6 Å². The van der Waals surface area contributed by atoms with E-state index in [4.69, 9.17) is 14.2 Å². The Balaban J connectivity index is 1.58. The van der Waals surface area contributed by atoms with Crippen LogP contribution in [0.3, 0.4) is 0 Å². The van der Waals surface area contributed by atoms with Crippen molar-refractivity contribution in [3.8, 4) is 17.2 Å². The quantitative estimate of drug-likeness (QED) is 0.403. The van der Waals surface area contributed by atoms with Gasteiger partial charge in [0.05, 0.1) is 21.3 Å². The van der Waals surface area contributed by atoms with Gasteiger partial charge >= 0.3 is 0 Å². The maximum atomic E-state index is 5.41. The number of aromatic nitrogens is 1. The summed E-state index contributed by atoms with van der Waals surface area (Å²) in [5, 5.41) is 7.94. The lowest BCUT2D eigenvalue weighted by Crippen LogP contribution is -2.37. The summed E-state index contributed by atoms with van der Waals surface area (Å²) < 4.78 is 16.2. The van der Waals surface area contributed by atoms with E-state index in [0.717, 1.165) is 30.0 Å². The molecule has 7 nitrogen and oxygen atoms in total. The van der Waals surface area contributed by atoms with Gasteiger partial charge in [-0.1, -0.05) is 18.2 Å². The van der Waals surface area contributed by atoms with E-state index in [1.54, 1.807) is 28.4 Å². The number of guanidine groups is 1. The smallest absolute Gasteiger partial charge is 0.203 e. The van der Waals surface area contributed by atoms with E-state index in [1.807, 2.05) is 18.2 Å². The molecule has 0 bridgehead atoms. The molecule has 0 saturated heterocycles. The first-order chi connectivity index (χ1) is 14.2. The Morgan fingerprint density at radius 3 is 2.38 bits per heavy atom. The molecule has 0 spiro atoms. The number of fused-ring (bicyclic) bond motifs is 1. The van der Waals surface area contributed by atoms with Gasteiger partial charge in [0.25, 0.3) is 0 Å². The average Bonchev–Trinajstić information content (AvgIpc) is 3.18. The first-order valence-corrected chi connectivity index (χ1v) is 9.48. The molecule has 0 aliphatic heterocycles. The third kappa shape index (κ3) is 4.74. The monoisotopic (exact) mass is 396 g/mol. The molecule has 1 aromatic heterocycles. The predicted octanol–water partition coefficient (Wildman–Crippen LogP) is 3.10. The summed E-state index contributed by atoms with van der Waals surface area (Å²) in [6, 6.07) is 12.2. The van der Waals surface area contributed by atoms with Crippen LogP contribution in [0.15, 0.2) is 47.6 Å². The van der Waals surface area contributed by atoms with Gasteiger partial charge in [0.1, 0.15) is 0 Å². The van der Waals surface area contributed by atoms with Crippen LogP contribution in [0, 0.1) is 0 Å². The average molecular weight is 396 g/mol. The number of para-hydroxylation sites is 1. The Kier molecular flexibility index (Phi) is 6.84. The van der Waals surface area contributed by atoms with Crippen LogP contribution >= 0.6 is 0 Å². The highest BCUT2D eigenvalue weighted by molar-refractivity contribution is 5.83. The molecule has 7 heteroatoms. The number of aliphatic imine (C=N–C) groups is 1. The lowest BCUT2D eigenvalue weighted by Gasteiger charge is -2.16. The minimum absolute atomic E-state index is 0.573. The Bertz CT molecular complexity index is 956. The zero-order valence-corrected chi connectivity index (χ0v) is 17.3. The molecule has 2 aromatic carbocycles. The van der Waals surface area contributed by atoms with Crippen molar-refractivity contribution in [2.24, 2.45) is 4.99 Å². The summed E-state index contributed by atoms with van der Waals surface area (Å²) in [6.45, 7) is 1.35. The fraction of sp³-hybridized carbons (Fsp3) is 0.318. The minimum Gasteiger partial charge on any atom is -0.493 e. The van der Waals surface area contributed by atoms with Crippen LogP contribution in [0.25, 0.3) is 10.9 Å². The molecule has 3 rings (SSSR count). The van der Waals surface area contributed by atoms with E-state index in [2.05, 4.69) is 45.0 Å². The Morgan fingerprint density at radius 1 is 1.00 bits per heavy atom. The van der Waals surface area contributed by atoms with E-state index in [0.29, 0.717) is 23.8 Å². The highest BCUT2D eigenvalue weighted by atomic mass is 16.5. The summed E-state index contributed by atoms with van der Waals surface area (Å²) in [5.74, 6) is 2.58. The molecule has 154 valence electrons. The number of H-pyrrole nitrogens is 1. The molecule has 3 N–H and O–H groups in total. The molecule has 1 heterocycles. The third-order valence-corrected chi connectivity index (χ3v) is 4.77. The number of hydrogen-bond acceptors (Lipinski definition) is 4. The van der Waals surface area contributed by atoms with E-state index >= 15 is 0 Å². The second kappa shape index (κ2) is 9.73. The Morgan fingerprint density at radius 2 is 1.72 bits per heavy atom. The van der Waals surface area contributed by atoms with Crippen molar-refractivity contribution in [3.05, 3.63) is 53.7 Å². The molecule has 29 heavy (non-hydrogen) atoms. The lowest BCUT2D eigenvalue weighted by atomic mass is 10.1. The maximum Gasteiger partial charge on any atom is 0.203 e. The number of rotatable bonds is 8. The topological polar surface area (TPSA) is 79.9 Å². The van der Waals surface area contributed by atoms with Crippen LogP contribution < -0.4 is 24.8 Å². The number of hydrogen-bond donors (Lipinski definition) is 3. The van der Waals surface area contributed by atoms with E-state index in [9.17, 15) is 0 Å². The number of aromatic amines is 1. The van der Waals surface area contributed by atoms with Crippen LogP contribution in [0.5, 0.6) is 17.2 Å². The second-order valence-corrected chi connectivity index (χ2v) is 6.50. The summed E-state index contributed by atoms with van der Waals surface area (Å²) in [5.41, 5.74) is 3.44. The molecule has 3 aromatic rings. The molecule has 0 saturated carbocycles. The van der Waals surface area contributed by atoms with E-state index in [1.165, 1.54) is 10.9 Å². The van der Waals surface area contributed by atoms with Gasteiger partial charge in [-0.3, -0.25) is 4.99 Å². The van der Waals surface area contributed by atoms with Gasteiger partial charge in [0, 0.05) is 37.2 Å². The molecule has 0 atom stereocenters. The Hall–Kier alpha value is -3.35. The van der Waals surface area contributed by atoms with Crippen LogP contribution in [-0.4, -0.2) is 45.9 Å². The number of ether oxygens (including phenoxy) is 3. The van der Waals surface area contributed by atoms with Gasteiger partial charge in [0.2, 0.25) is 5.75 Å². The summed E-state index contributed by atoms with van der Waals surface area (Å²) in [4.78, 5) is 7.61. The molecular weight excluding hydrogens is 368 g/mol. The molecular formula is C22H28N4O3. The van der Waals surface area contributed by atoms with E-state index < -0.39 is 0 Å². The largest absolute Gasteiger partial charge is 0.493 e. The number of nitrogens with zero attached hydrogens (tertiary/aromatic N) is 1. The fourth-order valence-corrected chi connectivity index (χ4v) is 3.30. The van der Waals surface area contributed by atoms with Crippen LogP contribution in [-0.2, 0) is 13.0 Å². The lowest BCUT2D eigenvalue weighted by molar-refractivity contribution is 0.323. The van der Waals surface area contributed by atoms with Crippen molar-refractivity contribution >= 4 is 16.9 Å². The Labute approximate surface area is 171 Å². The number of benzene rings is 2. The van der Waals surface area contributed by atoms with Gasteiger partial charge in [-0.2, -0.15) is 0 Å². The molecule has 0 fully saturated rings. The zero-order chi connectivity index (χ0) is 20.6. The number of nitrogens with one attached hydrogen (secondary N) is 3. The molecule has 0 amide bonds. The summed E-state index contributed by atoms with van der Waals surface area (Å²) in [6.07, 6.45) is 2.97. The van der Waals surface area contributed by atoms with Gasteiger partial charge in [0.15, 0.2) is 17.5 Å². The first-order valence-electron chi connectivity index (χ1n) is 9.48. The van der Waals surface area contributed by atoms with Crippen LogP contribution in [0.4, 0.5) is 0 Å². The second-order valence-electron chi connectivity index (χ2n) is 6.50. The van der Waals surface area contributed by atoms with Crippen molar-refractivity contribution in [2.45, 2.75) is 13.0 Å². The van der Waals surface area contributed by atoms with Crippen LogP contribution in [0.1, 0.15) is 11.1 Å². The maximum absolute atomic E-state index is 5.41. The van der Waals surface area contributed by atoms with Crippen molar-refractivity contribution in [3.63, 3.8) is 0 Å². The highest BCUT2D eigenvalue weighted by Crippen LogP contribution is 2.38. The summed E-state index contributed by atoms with van der Waals surface area (Å²) in [7, 11) is 6.58. The van der Waals surface area contributed by atoms with Gasteiger partial charge in [-0.05, 0) is 35.7 Å². The minimum atomic E-state index is 0.573. The molecule has 0 radical (unpaired) electrons. The van der Waals surface area contributed by atoms with Crippen LogP contribution in [0.2, 0.25) is 0 Å². The SMILES string of the molecule is CN=C(NCCc1c[nH]c2ccccc12)NCc1cc(OC)c(OC)c(OC)c1. The number of methoxy groups -OCH3 is 3. The van der Waals surface area contributed by atoms with Gasteiger partial charge in [-0.25, -0.2) is 0 Å². The van der Waals surface area contributed by atoms with Crippen molar-refractivity contribution < 1.29 is 14.2 Å². The molecule has 0 aliphatic carbocycles.